The lowest BCUT2D eigenvalue weighted by Gasteiger charge is -2.59. The summed E-state index contributed by atoms with van der Waals surface area (Å²) in [6, 6.07) is 11.2. The van der Waals surface area contributed by atoms with E-state index in [9.17, 15) is 14.4 Å². The Morgan fingerprint density at radius 2 is 1.53 bits per heavy atom. The number of amides is 1. The molecule has 3 atom stereocenters. The molecule has 4 aliphatic rings. The number of carbonyl (C=O) groups is 3. The number of likely N-dealkylation sites (tertiary alicyclic amines) is 1. The molecule has 3 unspecified atom stereocenters. The van der Waals surface area contributed by atoms with Crippen LogP contribution in [0.3, 0.4) is 0 Å². The van der Waals surface area contributed by atoms with Crippen LogP contribution in [0.4, 0.5) is 5.69 Å². The minimum absolute atomic E-state index is 0.110. The van der Waals surface area contributed by atoms with E-state index >= 15 is 0 Å². The molecule has 1 aromatic carbocycles. The fraction of sp³-hybridized carbons (Fsp3) is 0.593. The molecule has 0 bridgehead atoms. The van der Waals surface area contributed by atoms with Gasteiger partial charge in [0.25, 0.3) is 0 Å². The van der Waals surface area contributed by atoms with Crippen molar-refractivity contribution in [1.29, 1.82) is 0 Å². The Bertz CT molecular complexity index is 891. The Balaban J connectivity index is 0.000000297. The number of carboxylic acid groups (broad SMARTS) is 2. The van der Waals surface area contributed by atoms with Crippen LogP contribution in [-0.2, 0) is 14.4 Å². The molecule has 2 N–H and O–H groups in total. The minimum atomic E-state index is -1.26. The van der Waals surface area contributed by atoms with Crippen molar-refractivity contribution in [2.24, 2.45) is 11.8 Å². The Morgan fingerprint density at radius 1 is 0.912 bits per heavy atom. The summed E-state index contributed by atoms with van der Waals surface area (Å²) in [6.45, 7) is 2.37. The van der Waals surface area contributed by atoms with Crippen molar-refractivity contribution in [2.75, 3.05) is 18.0 Å². The van der Waals surface area contributed by atoms with E-state index in [-0.39, 0.29) is 5.54 Å². The summed E-state index contributed by atoms with van der Waals surface area (Å²) < 4.78 is 0. The molecule has 5 rings (SSSR count). The lowest BCUT2D eigenvalue weighted by molar-refractivity contribution is -0.134. The minimum Gasteiger partial charge on any atom is -0.478 e. The molecule has 2 heterocycles. The van der Waals surface area contributed by atoms with Gasteiger partial charge in [-0.3, -0.25) is 9.69 Å². The summed E-state index contributed by atoms with van der Waals surface area (Å²) in [5.74, 6) is -0.215. The van der Waals surface area contributed by atoms with Crippen molar-refractivity contribution in [3.8, 4) is 0 Å². The molecule has 2 saturated carbocycles. The molecule has 184 valence electrons. The number of carboxylic acids is 2. The summed E-state index contributed by atoms with van der Waals surface area (Å²) in [4.78, 5) is 36.4. The highest BCUT2D eigenvalue weighted by Gasteiger charge is 2.54. The number of para-hydroxylation sites is 1. The maximum atomic E-state index is 12.4. The summed E-state index contributed by atoms with van der Waals surface area (Å²) in [7, 11) is 0. The topological polar surface area (TPSA) is 98.1 Å². The largest absolute Gasteiger partial charge is 0.478 e. The first-order valence-corrected chi connectivity index (χ1v) is 12.7. The van der Waals surface area contributed by atoms with Gasteiger partial charge in [-0.15, -0.1) is 0 Å². The van der Waals surface area contributed by atoms with Crippen LogP contribution in [0.25, 0.3) is 0 Å². The van der Waals surface area contributed by atoms with Crippen molar-refractivity contribution >= 4 is 23.5 Å². The third-order valence-corrected chi connectivity index (χ3v) is 8.29. The van der Waals surface area contributed by atoms with Crippen LogP contribution in [-0.4, -0.2) is 57.6 Å². The molecule has 1 spiro atoms. The number of anilines is 1. The number of fused-ring (bicyclic) bond motifs is 1. The van der Waals surface area contributed by atoms with Gasteiger partial charge in [0.05, 0.1) is 12.0 Å². The maximum Gasteiger partial charge on any atom is 0.328 e. The molecule has 34 heavy (non-hydrogen) atoms. The second-order valence-corrected chi connectivity index (χ2v) is 10.2. The van der Waals surface area contributed by atoms with Gasteiger partial charge in [-0.2, -0.15) is 0 Å². The van der Waals surface area contributed by atoms with Gasteiger partial charge in [-0.25, -0.2) is 9.59 Å². The van der Waals surface area contributed by atoms with Gasteiger partial charge in [0, 0.05) is 37.0 Å². The van der Waals surface area contributed by atoms with Crippen molar-refractivity contribution in [3.05, 3.63) is 42.5 Å². The van der Waals surface area contributed by atoms with Crippen LogP contribution >= 0.6 is 0 Å². The molecule has 4 fully saturated rings. The summed E-state index contributed by atoms with van der Waals surface area (Å²) in [5.41, 5.74) is 1.21. The number of hydrogen-bond donors (Lipinski definition) is 2. The van der Waals surface area contributed by atoms with Crippen LogP contribution in [0.1, 0.15) is 64.2 Å². The molecule has 0 radical (unpaired) electrons. The molecule has 7 heteroatoms. The van der Waals surface area contributed by atoms with Gasteiger partial charge >= 0.3 is 11.9 Å². The van der Waals surface area contributed by atoms with E-state index in [0.29, 0.717) is 18.1 Å². The van der Waals surface area contributed by atoms with Crippen LogP contribution in [0.5, 0.6) is 0 Å². The van der Waals surface area contributed by atoms with E-state index in [1.165, 1.54) is 58.0 Å². The third-order valence-electron chi connectivity index (χ3n) is 8.29. The Hall–Kier alpha value is -2.67. The van der Waals surface area contributed by atoms with Crippen LogP contribution < -0.4 is 4.90 Å². The molecule has 2 saturated heterocycles. The van der Waals surface area contributed by atoms with Crippen molar-refractivity contribution in [3.63, 3.8) is 0 Å². The first-order chi connectivity index (χ1) is 16.4. The molecular weight excluding hydrogens is 432 g/mol. The van der Waals surface area contributed by atoms with Gasteiger partial charge in [0.15, 0.2) is 0 Å². The summed E-state index contributed by atoms with van der Waals surface area (Å²) >= 11 is 0. The first kappa shape index (κ1) is 24.5. The standard InChI is InChI=1S/C23H32N2O.C4H4O4/c26-22-17-23(25(22)19-9-5-3-6-10-19)12-14-24(15-13-23)21-16-18-8-4-1-2-7-11-20(18)21;5-3(6)1-2-4(7)8/h3,5-6,9-10,18,20-21H,1-2,4,7-8,11-17H2;1-2H,(H,5,6)(H,7,8). The normalized spacial score (nSPS) is 28.5. The number of rotatable bonds is 4. The number of benzene rings is 1. The van der Waals surface area contributed by atoms with Gasteiger partial charge in [0.1, 0.15) is 0 Å². The van der Waals surface area contributed by atoms with Crippen LogP contribution in [0, 0.1) is 11.8 Å². The Labute approximate surface area is 201 Å². The third kappa shape index (κ3) is 5.35. The SMILES string of the molecule is O=C(O)C=CC(=O)O.O=C1CC2(CCN(C3CC4CCCCCCC43)CC2)N1c1ccccc1. The fourth-order valence-corrected chi connectivity index (χ4v) is 6.52. The lowest BCUT2D eigenvalue weighted by atomic mass is 9.62. The fourth-order valence-electron chi connectivity index (χ4n) is 6.52. The summed E-state index contributed by atoms with van der Waals surface area (Å²) in [6.07, 6.45) is 14.4. The molecular formula is C27H36N2O5. The first-order valence-electron chi connectivity index (χ1n) is 12.7. The quantitative estimate of drug-likeness (QED) is 0.504. The average molecular weight is 469 g/mol. The summed E-state index contributed by atoms with van der Waals surface area (Å²) in [5, 5.41) is 15.6. The van der Waals surface area contributed by atoms with Gasteiger partial charge < -0.3 is 15.1 Å². The zero-order valence-corrected chi connectivity index (χ0v) is 19.8. The molecule has 0 aromatic heterocycles. The van der Waals surface area contributed by atoms with E-state index in [2.05, 4.69) is 21.9 Å². The highest BCUT2D eigenvalue weighted by molar-refractivity contribution is 6.02. The maximum absolute atomic E-state index is 12.4. The number of β-lactam (4-membered cyclic amide) rings is 1. The van der Waals surface area contributed by atoms with Gasteiger partial charge in [-0.05, 0) is 49.7 Å². The second-order valence-electron chi connectivity index (χ2n) is 10.2. The lowest BCUT2D eigenvalue weighted by Crippen LogP contribution is -2.69. The zero-order chi connectivity index (χ0) is 24.1. The Kier molecular flexibility index (Phi) is 7.71. The second kappa shape index (κ2) is 10.7. The van der Waals surface area contributed by atoms with E-state index in [1.807, 2.05) is 18.2 Å². The van der Waals surface area contributed by atoms with Crippen molar-refractivity contribution < 1.29 is 24.6 Å². The number of nitrogens with zero attached hydrogens (tertiary/aromatic N) is 2. The average Bonchev–Trinajstić information content (AvgIpc) is 2.79. The molecule has 2 aliphatic carbocycles. The molecule has 1 amide bonds. The predicted octanol–water partition coefficient (Wildman–Crippen LogP) is 4.33. The number of carbonyl (C=O) groups excluding carboxylic acids is 1. The highest BCUT2D eigenvalue weighted by atomic mass is 16.4. The number of piperidine rings is 1. The van der Waals surface area contributed by atoms with Crippen LogP contribution in [0.15, 0.2) is 42.5 Å². The Morgan fingerprint density at radius 3 is 2.12 bits per heavy atom. The number of aliphatic carboxylic acids is 2. The monoisotopic (exact) mass is 468 g/mol. The van der Waals surface area contributed by atoms with E-state index in [1.54, 1.807) is 0 Å². The molecule has 2 aliphatic heterocycles. The van der Waals surface area contributed by atoms with E-state index in [4.69, 9.17) is 10.2 Å². The number of hydrogen-bond acceptors (Lipinski definition) is 4. The van der Waals surface area contributed by atoms with Crippen molar-refractivity contribution in [2.45, 2.75) is 75.8 Å². The van der Waals surface area contributed by atoms with Crippen molar-refractivity contribution in [1.82, 2.24) is 4.90 Å². The molecule has 1 aromatic rings. The van der Waals surface area contributed by atoms with Gasteiger partial charge in [0.2, 0.25) is 5.91 Å². The van der Waals surface area contributed by atoms with Crippen LogP contribution in [0.2, 0.25) is 0 Å². The predicted molar refractivity (Wildman–Crippen MR) is 130 cm³/mol. The van der Waals surface area contributed by atoms with E-state index < -0.39 is 11.9 Å². The smallest absolute Gasteiger partial charge is 0.328 e. The zero-order valence-electron chi connectivity index (χ0n) is 19.8. The van der Waals surface area contributed by atoms with Gasteiger partial charge in [-0.1, -0.05) is 50.3 Å². The van der Waals surface area contributed by atoms with E-state index in [0.717, 1.165) is 42.8 Å². The highest BCUT2D eigenvalue weighted by Crippen LogP contribution is 2.49. The molecule has 7 nitrogen and oxygen atoms in total.